The van der Waals surface area contributed by atoms with Crippen LogP contribution >= 0.6 is 0 Å². The van der Waals surface area contributed by atoms with Crippen LogP contribution in [0.1, 0.15) is 36.4 Å². The van der Waals surface area contributed by atoms with E-state index in [0.29, 0.717) is 12.1 Å². The molecule has 0 aromatic heterocycles. The highest BCUT2D eigenvalue weighted by Crippen LogP contribution is 2.24. The molecule has 2 atom stereocenters. The number of rotatable bonds is 14. The Hall–Kier alpha value is -3.76. The molecule has 0 bridgehead atoms. The second kappa shape index (κ2) is 13.5. The lowest BCUT2D eigenvalue weighted by Crippen LogP contribution is -2.34. The van der Waals surface area contributed by atoms with Crippen molar-refractivity contribution in [3.63, 3.8) is 0 Å². The lowest BCUT2D eigenvalue weighted by atomic mass is 10.0. The summed E-state index contributed by atoms with van der Waals surface area (Å²) in [5.74, 6) is -2.15. The van der Waals surface area contributed by atoms with Crippen molar-refractivity contribution in [2.75, 3.05) is 6.54 Å². The molecule has 8 nitrogen and oxygen atoms in total. The summed E-state index contributed by atoms with van der Waals surface area (Å²) in [6, 6.07) is 22.4. The minimum atomic E-state index is -3.95. The van der Waals surface area contributed by atoms with E-state index in [4.69, 9.17) is 5.11 Å². The van der Waals surface area contributed by atoms with E-state index < -0.39 is 28.4 Å². The highest BCUT2D eigenvalue weighted by Gasteiger charge is 2.24. The van der Waals surface area contributed by atoms with Gasteiger partial charge in [0.25, 0.3) is 0 Å². The number of carboxylic acid groups (broad SMARTS) is 1. The van der Waals surface area contributed by atoms with E-state index >= 15 is 0 Å². The number of aryl methyl sites for hydroxylation is 1. The van der Waals surface area contributed by atoms with Crippen molar-refractivity contribution in [2.45, 2.75) is 43.0 Å². The van der Waals surface area contributed by atoms with Gasteiger partial charge in [0.15, 0.2) is 0 Å². The van der Waals surface area contributed by atoms with E-state index in [0.717, 1.165) is 19.3 Å². The van der Waals surface area contributed by atoms with Crippen LogP contribution in [0.5, 0.6) is 5.75 Å². The van der Waals surface area contributed by atoms with Crippen molar-refractivity contribution in [3.05, 3.63) is 96.1 Å². The number of alkyl halides is 1. The number of halogens is 1. The number of carbonyl (C=O) groups excluding carboxylic acids is 1. The predicted octanol–water partition coefficient (Wildman–Crippen LogP) is 3.99. The summed E-state index contributed by atoms with van der Waals surface area (Å²) in [5, 5.41) is 11.5. The number of aliphatic carboxylic acids is 1. The predicted molar refractivity (Wildman–Crippen MR) is 136 cm³/mol. The summed E-state index contributed by atoms with van der Waals surface area (Å²) in [4.78, 5) is 23.4. The average molecular weight is 529 g/mol. The van der Waals surface area contributed by atoms with E-state index in [1.54, 1.807) is 18.2 Å². The van der Waals surface area contributed by atoms with Crippen molar-refractivity contribution in [1.29, 1.82) is 0 Å². The maximum atomic E-state index is 13.4. The van der Waals surface area contributed by atoms with Gasteiger partial charge in [0.2, 0.25) is 15.9 Å². The molecular formula is C27H29FN2O6S. The zero-order valence-electron chi connectivity index (χ0n) is 20.0. The van der Waals surface area contributed by atoms with E-state index in [9.17, 15) is 22.4 Å². The van der Waals surface area contributed by atoms with E-state index in [2.05, 4.69) is 14.8 Å². The molecule has 0 aliphatic rings. The molecule has 0 aliphatic heterocycles. The van der Waals surface area contributed by atoms with Crippen molar-refractivity contribution in [3.8, 4) is 5.75 Å². The maximum Gasteiger partial charge on any atom is 0.378 e. The fourth-order valence-corrected chi connectivity index (χ4v) is 4.86. The second-order valence-electron chi connectivity index (χ2n) is 8.32. The lowest BCUT2D eigenvalue weighted by molar-refractivity contribution is -0.153. The van der Waals surface area contributed by atoms with Crippen molar-refractivity contribution < 1.29 is 32.2 Å². The highest BCUT2D eigenvalue weighted by atomic mass is 32.2. The number of carbonyl (C=O) groups is 2. The Morgan fingerprint density at radius 3 is 2.14 bits per heavy atom. The summed E-state index contributed by atoms with van der Waals surface area (Å²) in [6.07, 6.45) is -0.160. The molecule has 196 valence electrons. The van der Waals surface area contributed by atoms with Gasteiger partial charge >= 0.3 is 12.3 Å². The van der Waals surface area contributed by atoms with Crippen LogP contribution in [0.15, 0.2) is 89.8 Å². The number of ether oxygens (including phenoxy) is 1. The second-order valence-corrected chi connectivity index (χ2v) is 10.0. The quantitative estimate of drug-likeness (QED) is 0.272. The van der Waals surface area contributed by atoms with E-state index in [-0.39, 0.29) is 23.0 Å². The van der Waals surface area contributed by atoms with Crippen LogP contribution in [-0.2, 0) is 26.0 Å². The molecule has 0 spiro atoms. The summed E-state index contributed by atoms with van der Waals surface area (Å²) in [7, 11) is -3.95. The number of nitrogens with one attached hydrogen (secondary N) is 2. The molecule has 0 radical (unpaired) electrons. The van der Waals surface area contributed by atoms with Crippen LogP contribution in [0, 0.1) is 0 Å². The molecule has 10 heteroatoms. The van der Waals surface area contributed by atoms with Gasteiger partial charge in [0, 0.05) is 13.0 Å². The van der Waals surface area contributed by atoms with Gasteiger partial charge in [0.05, 0.1) is 10.9 Å². The van der Waals surface area contributed by atoms with Gasteiger partial charge in [-0.05, 0) is 54.7 Å². The third-order valence-electron chi connectivity index (χ3n) is 5.51. The van der Waals surface area contributed by atoms with Gasteiger partial charge in [-0.25, -0.2) is 17.9 Å². The Kier molecular flexibility index (Phi) is 10.2. The third-order valence-corrected chi connectivity index (χ3v) is 7.00. The Morgan fingerprint density at radius 1 is 0.892 bits per heavy atom. The Labute approximate surface area is 215 Å². The lowest BCUT2D eigenvalue weighted by Gasteiger charge is -2.20. The number of unbranched alkanes of at least 4 members (excludes halogenated alkanes) is 1. The summed E-state index contributed by atoms with van der Waals surface area (Å²) in [6.45, 7) is 0.448. The van der Waals surface area contributed by atoms with E-state index in [1.165, 1.54) is 42.0 Å². The molecule has 3 aromatic carbocycles. The van der Waals surface area contributed by atoms with Gasteiger partial charge in [-0.15, -0.1) is 0 Å². The first-order valence-electron chi connectivity index (χ1n) is 11.8. The number of hydrogen-bond donors (Lipinski definition) is 3. The molecule has 3 N–H and O–H groups in total. The SMILES string of the molecule is O=C(CC(NS(=O)(=O)c1ccccc1)c1ccc(OC(F)C(=O)O)cc1)NCCCCc1ccccc1. The molecular weight excluding hydrogens is 499 g/mol. The molecule has 0 heterocycles. The number of benzene rings is 3. The first-order valence-corrected chi connectivity index (χ1v) is 13.2. The van der Waals surface area contributed by atoms with Crippen LogP contribution < -0.4 is 14.8 Å². The Bertz CT molecular complexity index is 1260. The van der Waals surface area contributed by atoms with Gasteiger partial charge in [-0.3, -0.25) is 4.79 Å². The van der Waals surface area contributed by atoms with Crippen LogP contribution in [0.4, 0.5) is 4.39 Å². The molecule has 0 saturated heterocycles. The number of carboxylic acids is 1. The molecule has 3 rings (SSSR count). The smallest absolute Gasteiger partial charge is 0.378 e. The van der Waals surface area contributed by atoms with Crippen molar-refractivity contribution >= 4 is 21.9 Å². The van der Waals surface area contributed by atoms with Crippen LogP contribution in [0.2, 0.25) is 0 Å². The molecule has 0 fully saturated rings. The van der Waals surface area contributed by atoms with Crippen LogP contribution in [-0.4, -0.2) is 38.3 Å². The van der Waals surface area contributed by atoms with Gasteiger partial charge in [0.1, 0.15) is 5.75 Å². The molecule has 0 saturated carbocycles. The first kappa shape index (κ1) is 27.8. The summed E-state index contributed by atoms with van der Waals surface area (Å²) in [5.41, 5.74) is 1.65. The minimum absolute atomic E-state index is 0.0444. The monoisotopic (exact) mass is 528 g/mol. The fourth-order valence-electron chi connectivity index (χ4n) is 3.62. The van der Waals surface area contributed by atoms with Crippen molar-refractivity contribution in [1.82, 2.24) is 10.0 Å². The van der Waals surface area contributed by atoms with E-state index in [1.807, 2.05) is 30.3 Å². The zero-order chi connectivity index (χ0) is 26.7. The summed E-state index contributed by atoms with van der Waals surface area (Å²) >= 11 is 0. The molecule has 2 unspecified atom stereocenters. The zero-order valence-corrected chi connectivity index (χ0v) is 20.9. The van der Waals surface area contributed by atoms with Gasteiger partial charge < -0.3 is 15.2 Å². The van der Waals surface area contributed by atoms with Crippen LogP contribution in [0.25, 0.3) is 0 Å². The summed E-state index contributed by atoms with van der Waals surface area (Å²) < 4.78 is 46.5. The number of hydrogen-bond acceptors (Lipinski definition) is 5. The van der Waals surface area contributed by atoms with Gasteiger partial charge in [-0.1, -0.05) is 60.7 Å². The Balaban J connectivity index is 1.64. The number of amides is 1. The highest BCUT2D eigenvalue weighted by molar-refractivity contribution is 7.89. The largest absolute Gasteiger partial charge is 0.476 e. The topological polar surface area (TPSA) is 122 Å². The van der Waals surface area contributed by atoms with Crippen LogP contribution in [0.3, 0.4) is 0 Å². The first-order chi connectivity index (χ1) is 17.7. The molecule has 0 aliphatic carbocycles. The van der Waals surface area contributed by atoms with Gasteiger partial charge in [-0.2, -0.15) is 4.39 Å². The fraction of sp³-hybridized carbons (Fsp3) is 0.259. The maximum absolute atomic E-state index is 13.4. The normalized spacial score (nSPS) is 12.9. The molecule has 1 amide bonds. The average Bonchev–Trinajstić information content (AvgIpc) is 2.89. The molecule has 3 aromatic rings. The number of sulfonamides is 1. The third kappa shape index (κ3) is 9.00. The van der Waals surface area contributed by atoms with Crippen molar-refractivity contribution in [2.24, 2.45) is 0 Å². The molecule has 37 heavy (non-hydrogen) atoms. The Morgan fingerprint density at radius 2 is 1.51 bits per heavy atom. The standard InChI is InChI=1S/C27H29FN2O6S/c28-26(27(32)33)36-22-16-14-21(15-17-22)24(30-37(34,35)23-12-5-2-6-13-23)19-25(31)29-18-8-7-11-20-9-3-1-4-10-20/h1-6,9-10,12-17,24,26,30H,7-8,11,18-19H2,(H,29,31)(H,32,33). The minimum Gasteiger partial charge on any atom is -0.476 e.